The Kier molecular flexibility index (Phi) is 4.10. The Morgan fingerprint density at radius 2 is 1.93 bits per heavy atom. The highest BCUT2D eigenvalue weighted by atomic mass is 19.1. The summed E-state index contributed by atoms with van der Waals surface area (Å²) in [6, 6.07) is 8.47. The van der Waals surface area contributed by atoms with Crippen LogP contribution in [0.1, 0.15) is 35.0 Å². The molecule has 2 atom stereocenters. The number of fused-ring (bicyclic) bond motifs is 1. The van der Waals surface area contributed by atoms with Crippen LogP contribution in [0.5, 0.6) is 0 Å². The van der Waals surface area contributed by atoms with E-state index < -0.39 is 35.8 Å². The molecule has 138 valence electrons. The second-order valence-corrected chi connectivity index (χ2v) is 6.31. The molecule has 27 heavy (non-hydrogen) atoms. The van der Waals surface area contributed by atoms with Crippen molar-refractivity contribution in [2.45, 2.75) is 25.1 Å². The Morgan fingerprint density at radius 3 is 2.70 bits per heavy atom. The third kappa shape index (κ3) is 2.92. The summed E-state index contributed by atoms with van der Waals surface area (Å²) in [6.07, 6.45) is -0.707. The Hall–Kier alpha value is -3.29. The Balaban J connectivity index is 1.60. The van der Waals surface area contributed by atoms with Gasteiger partial charge in [-0.25, -0.2) is 13.6 Å². The molecule has 2 aliphatic rings. The van der Waals surface area contributed by atoms with Gasteiger partial charge in [0.15, 0.2) is 0 Å². The van der Waals surface area contributed by atoms with E-state index in [1.165, 1.54) is 4.90 Å². The number of ether oxygens (including phenoxy) is 1. The molecule has 1 fully saturated rings. The first-order valence-electron chi connectivity index (χ1n) is 8.32. The predicted molar refractivity (Wildman–Crippen MR) is 89.5 cm³/mol. The van der Waals surface area contributed by atoms with Crippen molar-refractivity contribution in [1.82, 2.24) is 4.90 Å². The zero-order valence-electron chi connectivity index (χ0n) is 13.9. The minimum Gasteiger partial charge on any atom is -0.433 e. The third-order valence-electron chi connectivity index (χ3n) is 4.67. The summed E-state index contributed by atoms with van der Waals surface area (Å²) in [7, 11) is 0. The summed E-state index contributed by atoms with van der Waals surface area (Å²) >= 11 is 0. The molecule has 2 aromatic rings. The summed E-state index contributed by atoms with van der Waals surface area (Å²) in [5.74, 6) is -3.23. The number of anilines is 1. The molecule has 0 bridgehead atoms. The van der Waals surface area contributed by atoms with Crippen LogP contribution >= 0.6 is 0 Å². The maximum atomic E-state index is 13.8. The van der Waals surface area contributed by atoms with Gasteiger partial charge in [0.25, 0.3) is 0 Å². The number of hydrogen-bond acceptors (Lipinski definition) is 4. The molecule has 2 heterocycles. The number of carbonyl (C=O) groups excluding carboxylic acids is 3. The van der Waals surface area contributed by atoms with Gasteiger partial charge in [0, 0.05) is 18.1 Å². The first-order chi connectivity index (χ1) is 13.0. The molecule has 1 N–H and O–H groups in total. The van der Waals surface area contributed by atoms with E-state index in [0.717, 1.165) is 12.1 Å². The second kappa shape index (κ2) is 6.46. The van der Waals surface area contributed by atoms with Gasteiger partial charge in [-0.2, -0.15) is 0 Å². The van der Waals surface area contributed by atoms with Crippen LogP contribution in [0.2, 0.25) is 0 Å². The van der Waals surface area contributed by atoms with E-state index in [4.69, 9.17) is 4.74 Å². The van der Waals surface area contributed by atoms with Gasteiger partial charge in [0.1, 0.15) is 17.7 Å². The van der Waals surface area contributed by atoms with Crippen molar-refractivity contribution in [2.75, 3.05) is 5.32 Å². The Bertz CT molecular complexity index is 962. The van der Waals surface area contributed by atoms with Gasteiger partial charge in [-0.15, -0.1) is 0 Å². The number of nitrogens with zero attached hydrogens (tertiary/aromatic N) is 1. The number of rotatable bonds is 3. The van der Waals surface area contributed by atoms with Gasteiger partial charge in [-0.1, -0.05) is 18.2 Å². The van der Waals surface area contributed by atoms with Crippen molar-refractivity contribution in [3.05, 3.63) is 65.2 Å². The molecule has 2 aliphatic heterocycles. The molecule has 0 unspecified atom stereocenters. The SMILES string of the molecule is O=C1O[C@@H](N2C(=O)CC[C@H]2C(=O)Nc2ccc(F)cc2F)c2ccccc21. The fourth-order valence-electron chi connectivity index (χ4n) is 3.39. The maximum absolute atomic E-state index is 13.8. The quantitative estimate of drug-likeness (QED) is 0.841. The normalized spacial score (nSPS) is 21.2. The molecule has 1 saturated heterocycles. The predicted octanol–water partition coefficient (Wildman–Crippen LogP) is 2.76. The molecule has 8 heteroatoms. The van der Waals surface area contributed by atoms with E-state index >= 15 is 0 Å². The third-order valence-corrected chi connectivity index (χ3v) is 4.67. The number of nitrogens with one attached hydrogen (secondary N) is 1. The second-order valence-electron chi connectivity index (χ2n) is 6.31. The molecule has 2 amide bonds. The lowest BCUT2D eigenvalue weighted by Crippen LogP contribution is -2.44. The van der Waals surface area contributed by atoms with Gasteiger partial charge in [0.2, 0.25) is 18.0 Å². The number of benzene rings is 2. The van der Waals surface area contributed by atoms with E-state index in [0.29, 0.717) is 17.2 Å². The highest BCUT2D eigenvalue weighted by molar-refractivity contribution is 6.00. The van der Waals surface area contributed by atoms with Crippen LogP contribution in [0, 0.1) is 11.6 Å². The van der Waals surface area contributed by atoms with Gasteiger partial charge in [0.05, 0.1) is 11.3 Å². The fraction of sp³-hybridized carbons (Fsp3) is 0.211. The van der Waals surface area contributed by atoms with Crippen molar-refractivity contribution < 1.29 is 27.9 Å². The molecule has 2 aromatic carbocycles. The minimum atomic E-state index is -1.00. The minimum absolute atomic E-state index is 0.0974. The monoisotopic (exact) mass is 372 g/mol. The van der Waals surface area contributed by atoms with Crippen LogP contribution in [-0.4, -0.2) is 28.7 Å². The molecule has 0 aliphatic carbocycles. The maximum Gasteiger partial charge on any atom is 0.340 e. The number of carbonyl (C=O) groups is 3. The van der Waals surface area contributed by atoms with Crippen LogP contribution in [0.3, 0.4) is 0 Å². The summed E-state index contributed by atoms with van der Waals surface area (Å²) in [5.41, 5.74) is 0.652. The van der Waals surface area contributed by atoms with Crippen molar-refractivity contribution in [1.29, 1.82) is 0 Å². The summed E-state index contributed by atoms with van der Waals surface area (Å²) in [4.78, 5) is 38.3. The van der Waals surface area contributed by atoms with Crippen molar-refractivity contribution in [3.63, 3.8) is 0 Å². The van der Waals surface area contributed by atoms with Crippen molar-refractivity contribution in [3.8, 4) is 0 Å². The van der Waals surface area contributed by atoms with E-state index in [-0.39, 0.29) is 24.4 Å². The van der Waals surface area contributed by atoms with E-state index in [1.54, 1.807) is 24.3 Å². The lowest BCUT2D eigenvalue weighted by Gasteiger charge is -2.29. The summed E-state index contributed by atoms with van der Waals surface area (Å²) < 4.78 is 32.2. The first kappa shape index (κ1) is 17.1. The molecule has 0 aromatic heterocycles. The van der Waals surface area contributed by atoms with Crippen LogP contribution in [0.4, 0.5) is 14.5 Å². The number of hydrogen-bond donors (Lipinski definition) is 1. The average Bonchev–Trinajstić information content (AvgIpc) is 3.18. The largest absolute Gasteiger partial charge is 0.433 e. The average molecular weight is 372 g/mol. The number of likely N-dealkylation sites (tertiary alicyclic amines) is 1. The van der Waals surface area contributed by atoms with Crippen molar-refractivity contribution in [2.24, 2.45) is 0 Å². The van der Waals surface area contributed by atoms with Crippen LogP contribution in [0.25, 0.3) is 0 Å². The number of halogens is 2. The Morgan fingerprint density at radius 1 is 1.15 bits per heavy atom. The fourth-order valence-corrected chi connectivity index (χ4v) is 3.39. The summed E-state index contributed by atoms with van der Waals surface area (Å²) in [5, 5.41) is 2.37. The summed E-state index contributed by atoms with van der Waals surface area (Å²) in [6.45, 7) is 0. The highest BCUT2D eigenvalue weighted by Gasteiger charge is 2.46. The van der Waals surface area contributed by atoms with Gasteiger partial charge >= 0.3 is 5.97 Å². The van der Waals surface area contributed by atoms with E-state index in [2.05, 4.69) is 5.32 Å². The van der Waals surface area contributed by atoms with Crippen LogP contribution in [0.15, 0.2) is 42.5 Å². The van der Waals surface area contributed by atoms with Crippen molar-refractivity contribution >= 4 is 23.5 Å². The zero-order valence-corrected chi connectivity index (χ0v) is 13.9. The van der Waals surface area contributed by atoms with Crippen LogP contribution in [-0.2, 0) is 14.3 Å². The lowest BCUT2D eigenvalue weighted by molar-refractivity contribution is -0.144. The van der Waals surface area contributed by atoms with E-state index in [1.807, 2.05) is 0 Å². The van der Waals surface area contributed by atoms with Crippen LogP contribution < -0.4 is 5.32 Å². The smallest absolute Gasteiger partial charge is 0.340 e. The molecule has 6 nitrogen and oxygen atoms in total. The first-order valence-corrected chi connectivity index (χ1v) is 8.32. The molecule has 0 spiro atoms. The van der Waals surface area contributed by atoms with E-state index in [9.17, 15) is 23.2 Å². The van der Waals surface area contributed by atoms with Gasteiger partial charge < -0.3 is 10.1 Å². The zero-order chi connectivity index (χ0) is 19.1. The Labute approximate surface area is 152 Å². The molecule has 0 saturated carbocycles. The lowest BCUT2D eigenvalue weighted by atomic mass is 10.1. The standard InChI is InChI=1S/C19H14F2N2O4/c20-10-5-6-14(13(21)9-10)22-17(25)15-7-8-16(24)23(15)18-11-3-1-2-4-12(11)19(26)27-18/h1-6,9,15,18H,7-8H2,(H,22,25)/t15-,18+/m0/s1. The number of cyclic esters (lactones) is 1. The molecular weight excluding hydrogens is 358 g/mol. The van der Waals surface area contributed by atoms with Gasteiger partial charge in [-0.05, 0) is 24.6 Å². The molecule has 4 rings (SSSR count). The molecular formula is C19H14F2N2O4. The molecule has 0 radical (unpaired) electrons. The number of amides is 2. The topological polar surface area (TPSA) is 75.7 Å². The highest BCUT2D eigenvalue weighted by Crippen LogP contribution is 2.38. The van der Waals surface area contributed by atoms with Gasteiger partial charge in [-0.3, -0.25) is 14.5 Å². The number of esters is 1.